The molecule has 1 aromatic heterocycles. The van der Waals surface area contributed by atoms with E-state index in [-0.39, 0.29) is 5.54 Å². The normalized spacial score (nSPS) is 33.9. The van der Waals surface area contributed by atoms with Crippen LogP contribution in [0.3, 0.4) is 0 Å². The fourth-order valence-corrected chi connectivity index (χ4v) is 3.06. The van der Waals surface area contributed by atoms with Gasteiger partial charge in [-0.3, -0.25) is 0 Å². The Morgan fingerprint density at radius 2 is 2.50 bits per heavy atom. The van der Waals surface area contributed by atoms with Crippen molar-refractivity contribution in [3.8, 4) is 0 Å². The van der Waals surface area contributed by atoms with Gasteiger partial charge in [-0.2, -0.15) is 0 Å². The van der Waals surface area contributed by atoms with Crippen molar-refractivity contribution in [2.24, 2.45) is 5.92 Å². The molecule has 0 aromatic carbocycles. The van der Waals surface area contributed by atoms with E-state index in [0.717, 1.165) is 38.4 Å². The zero-order valence-electron chi connectivity index (χ0n) is 9.79. The van der Waals surface area contributed by atoms with Crippen LogP contribution in [0.5, 0.6) is 0 Å². The van der Waals surface area contributed by atoms with Crippen LogP contribution in [0.25, 0.3) is 0 Å². The first-order chi connectivity index (χ1) is 7.78. The lowest BCUT2D eigenvalue weighted by molar-refractivity contribution is 0.165. The molecular formula is C13H19NO2. The summed E-state index contributed by atoms with van der Waals surface area (Å²) in [4.78, 5) is 0. The number of hydrogen-bond acceptors (Lipinski definition) is 3. The second kappa shape index (κ2) is 3.90. The van der Waals surface area contributed by atoms with E-state index >= 15 is 0 Å². The molecule has 2 aliphatic rings. The molecule has 2 aliphatic heterocycles. The summed E-state index contributed by atoms with van der Waals surface area (Å²) in [5.41, 5.74) is 1.38. The highest BCUT2D eigenvalue weighted by atomic mass is 16.5. The van der Waals surface area contributed by atoms with Crippen LogP contribution in [0.4, 0.5) is 0 Å². The second-order valence-corrected chi connectivity index (χ2v) is 5.22. The molecule has 0 amide bonds. The van der Waals surface area contributed by atoms with Crippen LogP contribution in [-0.2, 0) is 16.7 Å². The van der Waals surface area contributed by atoms with Crippen molar-refractivity contribution in [3.05, 3.63) is 23.7 Å². The van der Waals surface area contributed by atoms with Crippen LogP contribution in [-0.4, -0.2) is 19.8 Å². The van der Waals surface area contributed by atoms with Gasteiger partial charge in [-0.15, -0.1) is 0 Å². The van der Waals surface area contributed by atoms with Gasteiger partial charge in [0.25, 0.3) is 0 Å². The second-order valence-electron chi connectivity index (χ2n) is 5.22. The molecule has 0 bridgehead atoms. The van der Waals surface area contributed by atoms with Crippen LogP contribution >= 0.6 is 0 Å². The summed E-state index contributed by atoms with van der Waals surface area (Å²) in [6.45, 7) is 5.14. The van der Waals surface area contributed by atoms with E-state index in [0.29, 0.717) is 5.92 Å². The maximum Gasteiger partial charge on any atom is 0.126 e. The van der Waals surface area contributed by atoms with E-state index in [9.17, 15) is 0 Å². The van der Waals surface area contributed by atoms with Crippen LogP contribution in [0.2, 0.25) is 0 Å². The number of hydrogen-bond donors (Lipinski definition) is 1. The third-order valence-corrected chi connectivity index (χ3v) is 3.88. The number of furan rings is 1. The summed E-state index contributed by atoms with van der Waals surface area (Å²) >= 11 is 0. The lowest BCUT2D eigenvalue weighted by Crippen LogP contribution is -2.45. The molecule has 2 unspecified atom stereocenters. The molecule has 1 N–H and O–H groups in total. The SMILES string of the molecule is CC1(CC2CCOC2)NCCc2ccoc21. The van der Waals surface area contributed by atoms with Crippen LogP contribution in [0, 0.1) is 5.92 Å². The molecule has 3 nitrogen and oxygen atoms in total. The molecule has 3 heteroatoms. The van der Waals surface area contributed by atoms with E-state index in [1.165, 1.54) is 12.0 Å². The highest BCUT2D eigenvalue weighted by molar-refractivity contribution is 5.27. The van der Waals surface area contributed by atoms with E-state index < -0.39 is 0 Å². The van der Waals surface area contributed by atoms with Crippen LogP contribution in [0.15, 0.2) is 16.7 Å². The Bertz CT molecular complexity index is 368. The van der Waals surface area contributed by atoms with Crippen molar-refractivity contribution in [2.75, 3.05) is 19.8 Å². The topological polar surface area (TPSA) is 34.4 Å². The molecule has 3 heterocycles. The Morgan fingerprint density at radius 3 is 3.31 bits per heavy atom. The van der Waals surface area contributed by atoms with E-state index in [2.05, 4.69) is 18.3 Å². The van der Waals surface area contributed by atoms with E-state index in [1.54, 1.807) is 0 Å². The Labute approximate surface area is 96.2 Å². The fourth-order valence-electron chi connectivity index (χ4n) is 3.06. The number of rotatable bonds is 2. The summed E-state index contributed by atoms with van der Waals surface area (Å²) in [5.74, 6) is 1.82. The van der Waals surface area contributed by atoms with Crippen molar-refractivity contribution in [2.45, 2.75) is 31.7 Å². The first-order valence-electron chi connectivity index (χ1n) is 6.17. The fraction of sp³-hybridized carbons (Fsp3) is 0.692. The summed E-state index contributed by atoms with van der Waals surface area (Å²) in [6, 6.07) is 2.11. The lowest BCUT2D eigenvalue weighted by atomic mass is 9.82. The summed E-state index contributed by atoms with van der Waals surface area (Å²) in [6.07, 6.45) is 5.21. The highest BCUT2D eigenvalue weighted by Gasteiger charge is 2.37. The molecule has 0 saturated carbocycles. The van der Waals surface area contributed by atoms with Crippen molar-refractivity contribution in [1.82, 2.24) is 5.32 Å². The molecular weight excluding hydrogens is 202 g/mol. The lowest BCUT2D eigenvalue weighted by Gasteiger charge is -2.35. The van der Waals surface area contributed by atoms with Gasteiger partial charge >= 0.3 is 0 Å². The summed E-state index contributed by atoms with van der Waals surface area (Å²) in [7, 11) is 0. The molecule has 2 atom stereocenters. The number of ether oxygens (including phenoxy) is 1. The van der Waals surface area contributed by atoms with Gasteiger partial charge in [0.15, 0.2) is 0 Å². The molecule has 1 aromatic rings. The van der Waals surface area contributed by atoms with Crippen molar-refractivity contribution in [3.63, 3.8) is 0 Å². The molecule has 0 radical (unpaired) electrons. The predicted octanol–water partition coefficient (Wildman–Crippen LogP) is 2.07. The molecule has 16 heavy (non-hydrogen) atoms. The molecule has 1 fully saturated rings. The summed E-state index contributed by atoms with van der Waals surface area (Å²) < 4.78 is 11.1. The minimum atomic E-state index is 0.00937. The maximum atomic E-state index is 5.68. The molecule has 1 saturated heterocycles. The quantitative estimate of drug-likeness (QED) is 0.830. The molecule has 3 rings (SSSR count). The van der Waals surface area contributed by atoms with Gasteiger partial charge in [0, 0.05) is 19.8 Å². The van der Waals surface area contributed by atoms with Gasteiger partial charge in [-0.05, 0) is 43.7 Å². The Morgan fingerprint density at radius 1 is 1.56 bits per heavy atom. The average Bonchev–Trinajstić information content (AvgIpc) is 2.88. The van der Waals surface area contributed by atoms with Crippen molar-refractivity contribution in [1.29, 1.82) is 0 Å². The van der Waals surface area contributed by atoms with Crippen molar-refractivity contribution >= 4 is 0 Å². The van der Waals surface area contributed by atoms with Gasteiger partial charge in [0.1, 0.15) is 5.76 Å². The third kappa shape index (κ3) is 1.68. The van der Waals surface area contributed by atoms with Crippen molar-refractivity contribution < 1.29 is 9.15 Å². The highest BCUT2D eigenvalue weighted by Crippen LogP contribution is 2.36. The molecule has 0 aliphatic carbocycles. The van der Waals surface area contributed by atoms with Crippen LogP contribution < -0.4 is 5.32 Å². The Balaban J connectivity index is 1.82. The zero-order valence-corrected chi connectivity index (χ0v) is 9.79. The molecule has 88 valence electrons. The van der Waals surface area contributed by atoms with Crippen LogP contribution in [0.1, 0.15) is 31.1 Å². The molecule has 0 spiro atoms. The van der Waals surface area contributed by atoms with E-state index in [4.69, 9.17) is 9.15 Å². The Kier molecular flexibility index (Phi) is 2.52. The zero-order chi connectivity index (χ0) is 11.0. The largest absolute Gasteiger partial charge is 0.467 e. The maximum absolute atomic E-state index is 5.68. The summed E-state index contributed by atoms with van der Waals surface area (Å²) in [5, 5.41) is 3.62. The standard InChI is InChI=1S/C13H19NO2/c1-13(8-10-3-6-15-9-10)12-11(2-5-14-13)4-7-16-12/h4,7,10,14H,2-3,5-6,8-9H2,1H3. The number of fused-ring (bicyclic) bond motifs is 1. The van der Waals surface area contributed by atoms with Gasteiger partial charge in [-0.25, -0.2) is 0 Å². The first-order valence-corrected chi connectivity index (χ1v) is 6.17. The first kappa shape index (κ1) is 10.4. The van der Waals surface area contributed by atoms with Gasteiger partial charge < -0.3 is 14.5 Å². The van der Waals surface area contributed by atoms with Gasteiger partial charge in [0.2, 0.25) is 0 Å². The van der Waals surface area contributed by atoms with Gasteiger partial charge in [-0.1, -0.05) is 0 Å². The minimum absolute atomic E-state index is 0.00937. The minimum Gasteiger partial charge on any atom is -0.467 e. The predicted molar refractivity (Wildman–Crippen MR) is 61.3 cm³/mol. The third-order valence-electron chi connectivity index (χ3n) is 3.88. The Hall–Kier alpha value is -0.800. The van der Waals surface area contributed by atoms with Gasteiger partial charge in [0.05, 0.1) is 11.8 Å². The smallest absolute Gasteiger partial charge is 0.126 e. The average molecular weight is 221 g/mol. The monoisotopic (exact) mass is 221 g/mol. The van der Waals surface area contributed by atoms with E-state index in [1.807, 2.05) is 6.26 Å². The number of nitrogens with one attached hydrogen (secondary N) is 1.